The minimum Gasteiger partial charge on any atom is -0.478 e. The molecule has 48 heavy (non-hydrogen) atoms. The van der Waals surface area contributed by atoms with Gasteiger partial charge in [0.05, 0.1) is 57.5 Å². The van der Waals surface area contributed by atoms with E-state index in [2.05, 4.69) is 10.3 Å². The molecule has 0 aliphatic carbocycles. The van der Waals surface area contributed by atoms with Gasteiger partial charge in [0.2, 0.25) is 5.78 Å². The van der Waals surface area contributed by atoms with Crippen LogP contribution in [0.25, 0.3) is 11.1 Å². The predicted octanol–water partition coefficient (Wildman–Crippen LogP) is 5.72. The smallest absolute Gasteiger partial charge is 0.407 e. The van der Waals surface area contributed by atoms with E-state index in [1.165, 1.54) is 6.92 Å². The van der Waals surface area contributed by atoms with E-state index in [1.54, 1.807) is 45.0 Å². The Hall–Kier alpha value is -4.17. The lowest BCUT2D eigenvalue weighted by molar-refractivity contribution is -0.00198. The molecule has 1 heterocycles. The summed E-state index contributed by atoms with van der Waals surface area (Å²) in [6.45, 7) is 10.5. The van der Waals surface area contributed by atoms with Crippen LogP contribution in [0.15, 0.2) is 42.6 Å². The van der Waals surface area contributed by atoms with Crippen molar-refractivity contribution in [1.82, 2.24) is 10.3 Å². The third-order valence-corrected chi connectivity index (χ3v) is 6.94. The van der Waals surface area contributed by atoms with E-state index in [4.69, 9.17) is 23.7 Å². The molecule has 0 saturated carbocycles. The highest BCUT2D eigenvalue weighted by atomic mass is 19.1. The Balaban J connectivity index is 1.29. The highest BCUT2D eigenvalue weighted by molar-refractivity contribution is 6.14. The van der Waals surface area contributed by atoms with Crippen LogP contribution < -0.4 is 5.32 Å². The van der Waals surface area contributed by atoms with Crippen LogP contribution in [0.2, 0.25) is 0 Å². The first-order chi connectivity index (χ1) is 22.9. The molecule has 3 rings (SSSR count). The molecule has 11 nitrogen and oxygen atoms in total. The Kier molecular flexibility index (Phi) is 15.1. The topological polar surface area (TPSA) is 145 Å². The van der Waals surface area contributed by atoms with Gasteiger partial charge in [-0.15, -0.1) is 0 Å². The van der Waals surface area contributed by atoms with Gasteiger partial charge in [-0.3, -0.25) is 4.79 Å². The van der Waals surface area contributed by atoms with Gasteiger partial charge in [0, 0.05) is 36.0 Å². The fraction of sp³-hybridized carbons (Fsp3) is 0.457. The molecule has 0 fully saturated rings. The van der Waals surface area contributed by atoms with Crippen molar-refractivity contribution in [1.29, 1.82) is 0 Å². The van der Waals surface area contributed by atoms with Crippen molar-refractivity contribution in [3.63, 3.8) is 0 Å². The number of amides is 1. The number of nitrogens with one attached hydrogen (secondary N) is 2. The summed E-state index contributed by atoms with van der Waals surface area (Å²) in [5.41, 5.74) is -0.307. The number of rotatable bonds is 20. The van der Waals surface area contributed by atoms with Crippen LogP contribution in [0, 0.1) is 18.6 Å². The van der Waals surface area contributed by atoms with E-state index < -0.39 is 35.1 Å². The molecule has 0 unspecified atom stereocenters. The standard InChI is InChI=1S/C35H44F2N2O9/c1-23-27(36)11-12-28(37)29(23)30-26(33(41)42)22-39-31(30)32(40)25-9-7-24(8-10-25)6-5-14-44-16-18-46-20-21-47-19-17-45-15-13-38-34(43)48-35(2,3)4/h7-12,22,39H,5-6,13-21H2,1-4H3,(H,38,43)(H,41,42). The SMILES string of the molecule is Cc1c(F)ccc(F)c1-c1c(C(=O)O)c[nH]c1C(=O)c1ccc(CCCOCCOCCOCCOCCNC(=O)OC(C)(C)C)cc1. The number of ketones is 1. The zero-order chi connectivity index (χ0) is 35.1. The van der Waals surface area contributed by atoms with Gasteiger partial charge in [-0.1, -0.05) is 24.3 Å². The number of carboxylic acid groups (broad SMARTS) is 1. The van der Waals surface area contributed by atoms with Crippen LogP contribution in [0.5, 0.6) is 0 Å². The average Bonchev–Trinajstić information content (AvgIpc) is 3.47. The van der Waals surface area contributed by atoms with Crippen molar-refractivity contribution in [2.24, 2.45) is 0 Å². The summed E-state index contributed by atoms with van der Waals surface area (Å²) in [7, 11) is 0. The van der Waals surface area contributed by atoms with Gasteiger partial charge in [-0.25, -0.2) is 18.4 Å². The van der Waals surface area contributed by atoms with Crippen LogP contribution in [-0.2, 0) is 30.1 Å². The number of aromatic nitrogens is 1. The number of aryl methyl sites for hydroxylation is 1. The van der Waals surface area contributed by atoms with Crippen molar-refractivity contribution in [3.8, 4) is 11.1 Å². The molecule has 3 aromatic rings. The molecule has 13 heteroatoms. The van der Waals surface area contributed by atoms with E-state index >= 15 is 0 Å². The summed E-state index contributed by atoms with van der Waals surface area (Å²) >= 11 is 0. The lowest BCUT2D eigenvalue weighted by Gasteiger charge is -2.19. The quantitative estimate of drug-likeness (QED) is 0.101. The fourth-order valence-corrected chi connectivity index (χ4v) is 4.64. The van der Waals surface area contributed by atoms with E-state index in [9.17, 15) is 28.3 Å². The number of ether oxygens (including phenoxy) is 5. The second-order valence-electron chi connectivity index (χ2n) is 11.8. The molecule has 0 aliphatic heterocycles. The van der Waals surface area contributed by atoms with E-state index in [-0.39, 0.29) is 33.5 Å². The maximum Gasteiger partial charge on any atom is 0.407 e. The van der Waals surface area contributed by atoms with Gasteiger partial charge in [0.15, 0.2) is 0 Å². The molecule has 1 aromatic heterocycles. The second-order valence-corrected chi connectivity index (χ2v) is 11.8. The number of aromatic amines is 1. The summed E-state index contributed by atoms with van der Waals surface area (Å²) in [5, 5.41) is 12.3. The van der Waals surface area contributed by atoms with Gasteiger partial charge >= 0.3 is 12.1 Å². The maximum atomic E-state index is 14.8. The monoisotopic (exact) mass is 674 g/mol. The van der Waals surface area contributed by atoms with Crippen molar-refractivity contribution in [2.75, 3.05) is 59.4 Å². The number of aromatic carboxylic acids is 1. The Morgan fingerprint density at radius 2 is 1.35 bits per heavy atom. The number of carbonyl (C=O) groups is 3. The van der Waals surface area contributed by atoms with Crippen LogP contribution in [0.4, 0.5) is 13.6 Å². The first kappa shape index (κ1) is 38.3. The zero-order valence-corrected chi connectivity index (χ0v) is 27.8. The minimum atomic E-state index is -1.37. The summed E-state index contributed by atoms with van der Waals surface area (Å²) < 4.78 is 56.1. The third kappa shape index (κ3) is 12.1. The van der Waals surface area contributed by atoms with Gasteiger partial charge < -0.3 is 39.1 Å². The van der Waals surface area contributed by atoms with Crippen LogP contribution in [-0.4, -0.2) is 92.9 Å². The van der Waals surface area contributed by atoms with Crippen LogP contribution >= 0.6 is 0 Å². The lowest BCUT2D eigenvalue weighted by Crippen LogP contribution is -2.34. The van der Waals surface area contributed by atoms with Gasteiger partial charge in [0.25, 0.3) is 0 Å². The number of carboxylic acids is 1. The molecule has 262 valence electrons. The van der Waals surface area contributed by atoms with Crippen molar-refractivity contribution in [2.45, 2.75) is 46.1 Å². The number of carbonyl (C=O) groups excluding carboxylic acids is 2. The second kappa shape index (κ2) is 19.0. The normalized spacial score (nSPS) is 11.5. The van der Waals surface area contributed by atoms with E-state index in [1.807, 2.05) is 0 Å². The summed E-state index contributed by atoms with van der Waals surface area (Å²) in [6, 6.07) is 8.67. The van der Waals surface area contributed by atoms with Crippen LogP contribution in [0.3, 0.4) is 0 Å². The van der Waals surface area contributed by atoms with Gasteiger partial charge in [-0.2, -0.15) is 0 Å². The highest BCUT2D eigenvalue weighted by Crippen LogP contribution is 2.35. The first-order valence-electron chi connectivity index (χ1n) is 15.7. The zero-order valence-electron chi connectivity index (χ0n) is 27.8. The van der Waals surface area contributed by atoms with Crippen LogP contribution in [0.1, 0.15) is 64.7 Å². The summed E-state index contributed by atoms with van der Waals surface area (Å²) in [5.74, 6) is -3.46. The number of H-pyrrole nitrogens is 1. The molecule has 0 aliphatic rings. The molecule has 0 saturated heterocycles. The first-order valence-corrected chi connectivity index (χ1v) is 15.7. The molecule has 0 radical (unpaired) electrons. The predicted molar refractivity (Wildman–Crippen MR) is 174 cm³/mol. The number of hydrogen-bond acceptors (Lipinski definition) is 8. The van der Waals surface area contributed by atoms with Crippen molar-refractivity contribution >= 4 is 17.8 Å². The number of benzene rings is 2. The molecule has 0 spiro atoms. The van der Waals surface area contributed by atoms with Crippen molar-refractivity contribution in [3.05, 3.63) is 82.2 Å². The highest BCUT2D eigenvalue weighted by Gasteiger charge is 2.27. The Morgan fingerprint density at radius 3 is 1.94 bits per heavy atom. The third-order valence-electron chi connectivity index (χ3n) is 6.94. The summed E-state index contributed by atoms with van der Waals surface area (Å²) in [4.78, 5) is 39.4. The summed E-state index contributed by atoms with van der Waals surface area (Å²) in [6.07, 6.45) is 2.07. The Labute approximate surface area is 278 Å². The largest absolute Gasteiger partial charge is 0.478 e. The molecule has 1 amide bonds. The number of hydrogen-bond donors (Lipinski definition) is 3. The fourth-order valence-electron chi connectivity index (χ4n) is 4.64. The number of alkyl carbamates (subject to hydrolysis) is 1. The molecule has 2 aromatic carbocycles. The van der Waals surface area contributed by atoms with Crippen molar-refractivity contribution < 1.29 is 52.0 Å². The maximum absolute atomic E-state index is 14.8. The number of halogens is 2. The molecule has 0 bridgehead atoms. The average molecular weight is 675 g/mol. The molecular formula is C35H44F2N2O9. The Morgan fingerprint density at radius 1 is 0.792 bits per heavy atom. The van der Waals surface area contributed by atoms with E-state index in [0.29, 0.717) is 65.8 Å². The lowest BCUT2D eigenvalue weighted by atomic mass is 9.93. The molecule has 3 N–H and O–H groups in total. The molecular weight excluding hydrogens is 630 g/mol. The minimum absolute atomic E-state index is 0.0918. The molecule has 0 atom stereocenters. The Bertz CT molecular complexity index is 1500. The van der Waals surface area contributed by atoms with Gasteiger partial charge in [-0.05, 0) is 63.8 Å². The van der Waals surface area contributed by atoms with Gasteiger partial charge in [0.1, 0.15) is 17.2 Å². The van der Waals surface area contributed by atoms with E-state index in [0.717, 1.165) is 30.3 Å².